The van der Waals surface area contributed by atoms with E-state index in [-0.39, 0.29) is 17.3 Å². The van der Waals surface area contributed by atoms with Crippen LogP contribution in [0.15, 0.2) is 48.7 Å². The van der Waals surface area contributed by atoms with Gasteiger partial charge in [-0.25, -0.2) is 23.1 Å². The molecule has 0 bridgehead atoms. The molecule has 0 saturated carbocycles. The Labute approximate surface area is 158 Å². The van der Waals surface area contributed by atoms with Crippen LogP contribution >= 0.6 is 0 Å². The Kier molecular flexibility index (Phi) is 5.73. The van der Waals surface area contributed by atoms with Gasteiger partial charge in [0, 0.05) is 6.20 Å². The highest BCUT2D eigenvalue weighted by Gasteiger charge is 2.16. The summed E-state index contributed by atoms with van der Waals surface area (Å²) in [6.07, 6.45) is 1.27. The van der Waals surface area contributed by atoms with Crippen molar-refractivity contribution in [2.75, 3.05) is 17.2 Å². The van der Waals surface area contributed by atoms with Gasteiger partial charge in [0.2, 0.25) is 5.95 Å². The maximum absolute atomic E-state index is 13.8. The minimum atomic E-state index is -1.62. The van der Waals surface area contributed by atoms with Crippen LogP contribution < -0.4 is 15.4 Å². The number of carbonyl (C=O) groups excluding carboxylic acids is 1. The number of anilines is 3. The number of benzene rings is 2. The van der Waals surface area contributed by atoms with Gasteiger partial charge in [-0.3, -0.25) is 4.79 Å². The van der Waals surface area contributed by atoms with E-state index < -0.39 is 23.4 Å². The first kappa shape index (κ1) is 19.2. The number of ether oxygens (including phenoxy) is 1. The molecule has 0 saturated heterocycles. The molecule has 3 rings (SSSR count). The van der Waals surface area contributed by atoms with Crippen LogP contribution in [0.2, 0.25) is 0 Å². The lowest BCUT2D eigenvalue weighted by molar-refractivity contribution is 0.102. The summed E-state index contributed by atoms with van der Waals surface area (Å²) in [5.41, 5.74) is 0.0686. The van der Waals surface area contributed by atoms with Crippen LogP contribution in [0.1, 0.15) is 17.4 Å². The van der Waals surface area contributed by atoms with Gasteiger partial charge < -0.3 is 15.4 Å². The third-order valence-electron chi connectivity index (χ3n) is 3.60. The zero-order valence-electron chi connectivity index (χ0n) is 14.7. The molecule has 0 aliphatic heterocycles. The van der Waals surface area contributed by atoms with Crippen molar-refractivity contribution >= 4 is 23.2 Å². The second-order valence-electron chi connectivity index (χ2n) is 5.50. The normalized spacial score (nSPS) is 10.4. The molecule has 2 aromatic carbocycles. The smallest absolute Gasteiger partial charge is 0.274 e. The summed E-state index contributed by atoms with van der Waals surface area (Å²) in [5.74, 6) is -4.56. The molecule has 0 fully saturated rings. The molecule has 0 aliphatic rings. The highest BCUT2D eigenvalue weighted by Crippen LogP contribution is 2.25. The average molecular weight is 388 g/mol. The van der Waals surface area contributed by atoms with Crippen molar-refractivity contribution in [3.8, 4) is 5.75 Å². The lowest BCUT2D eigenvalue weighted by Crippen LogP contribution is -2.15. The van der Waals surface area contributed by atoms with Crippen LogP contribution in [0.25, 0.3) is 0 Å². The van der Waals surface area contributed by atoms with Gasteiger partial charge >= 0.3 is 0 Å². The molecule has 0 atom stereocenters. The molecule has 0 unspecified atom stereocenters. The first-order valence-corrected chi connectivity index (χ1v) is 8.26. The number of halogens is 3. The number of hydrogen-bond acceptors (Lipinski definition) is 5. The third kappa shape index (κ3) is 4.20. The Morgan fingerprint density at radius 1 is 1.04 bits per heavy atom. The van der Waals surface area contributed by atoms with E-state index in [0.29, 0.717) is 18.0 Å². The molecule has 1 heterocycles. The highest BCUT2D eigenvalue weighted by molar-refractivity contribution is 6.03. The number of hydrogen-bond donors (Lipinski definition) is 2. The molecule has 0 aliphatic carbocycles. The van der Waals surface area contributed by atoms with E-state index in [1.807, 2.05) is 6.92 Å². The maximum Gasteiger partial charge on any atom is 0.274 e. The number of nitrogens with zero attached hydrogens (tertiary/aromatic N) is 2. The number of amides is 1. The van der Waals surface area contributed by atoms with Gasteiger partial charge in [0.25, 0.3) is 5.91 Å². The van der Waals surface area contributed by atoms with E-state index in [1.54, 1.807) is 24.3 Å². The van der Waals surface area contributed by atoms with Crippen LogP contribution in [0.3, 0.4) is 0 Å². The lowest BCUT2D eigenvalue weighted by Gasteiger charge is -2.11. The first-order valence-electron chi connectivity index (χ1n) is 8.26. The van der Waals surface area contributed by atoms with Crippen molar-refractivity contribution < 1.29 is 22.7 Å². The van der Waals surface area contributed by atoms with Crippen molar-refractivity contribution in [2.24, 2.45) is 0 Å². The SMILES string of the molecule is CCOc1ccccc1NC(=O)c1ccnc(Nc2ccc(F)c(F)c2F)n1. The molecular weight excluding hydrogens is 373 g/mol. The number of nitrogens with one attached hydrogen (secondary N) is 2. The quantitative estimate of drug-likeness (QED) is 0.616. The summed E-state index contributed by atoms with van der Waals surface area (Å²) in [5, 5.41) is 5.09. The Morgan fingerprint density at radius 2 is 1.82 bits per heavy atom. The van der Waals surface area contributed by atoms with E-state index in [1.165, 1.54) is 12.3 Å². The van der Waals surface area contributed by atoms with Crippen LogP contribution in [-0.4, -0.2) is 22.5 Å². The van der Waals surface area contributed by atoms with Crippen molar-refractivity contribution in [3.63, 3.8) is 0 Å². The molecule has 6 nitrogen and oxygen atoms in total. The zero-order valence-corrected chi connectivity index (χ0v) is 14.7. The Hall–Kier alpha value is -3.62. The van der Waals surface area contributed by atoms with Crippen molar-refractivity contribution in [2.45, 2.75) is 6.92 Å². The van der Waals surface area contributed by atoms with E-state index in [2.05, 4.69) is 20.6 Å². The van der Waals surface area contributed by atoms with E-state index in [9.17, 15) is 18.0 Å². The zero-order chi connectivity index (χ0) is 20.1. The summed E-state index contributed by atoms with van der Waals surface area (Å²) in [6.45, 7) is 2.24. The second-order valence-corrected chi connectivity index (χ2v) is 5.50. The largest absolute Gasteiger partial charge is 0.492 e. The highest BCUT2D eigenvalue weighted by atomic mass is 19.2. The Balaban J connectivity index is 1.80. The fraction of sp³-hybridized carbons (Fsp3) is 0.105. The predicted octanol–water partition coefficient (Wildman–Crippen LogP) is 4.29. The third-order valence-corrected chi connectivity index (χ3v) is 3.60. The fourth-order valence-electron chi connectivity index (χ4n) is 2.33. The number of para-hydroxylation sites is 2. The van der Waals surface area contributed by atoms with Gasteiger partial charge in [-0.2, -0.15) is 0 Å². The number of aromatic nitrogens is 2. The van der Waals surface area contributed by atoms with Gasteiger partial charge in [-0.1, -0.05) is 12.1 Å². The van der Waals surface area contributed by atoms with Crippen LogP contribution in [-0.2, 0) is 0 Å². The fourth-order valence-corrected chi connectivity index (χ4v) is 2.33. The molecule has 144 valence electrons. The van der Waals surface area contributed by atoms with E-state index in [0.717, 1.165) is 12.1 Å². The molecule has 3 aromatic rings. The van der Waals surface area contributed by atoms with Gasteiger partial charge in [0.1, 0.15) is 11.4 Å². The second kappa shape index (κ2) is 8.38. The van der Waals surface area contributed by atoms with E-state index in [4.69, 9.17) is 4.74 Å². The minimum Gasteiger partial charge on any atom is -0.492 e. The van der Waals surface area contributed by atoms with Gasteiger partial charge in [0.15, 0.2) is 17.5 Å². The van der Waals surface area contributed by atoms with Gasteiger partial charge in [-0.05, 0) is 37.3 Å². The summed E-state index contributed by atoms with van der Waals surface area (Å²) >= 11 is 0. The summed E-state index contributed by atoms with van der Waals surface area (Å²) in [6, 6.07) is 9.99. The van der Waals surface area contributed by atoms with Crippen LogP contribution in [0.4, 0.5) is 30.5 Å². The maximum atomic E-state index is 13.8. The summed E-state index contributed by atoms with van der Waals surface area (Å²) < 4.78 is 45.6. The van der Waals surface area contributed by atoms with Crippen LogP contribution in [0.5, 0.6) is 5.75 Å². The lowest BCUT2D eigenvalue weighted by atomic mass is 10.2. The molecule has 2 N–H and O–H groups in total. The molecule has 0 spiro atoms. The molecular formula is C19H15F3N4O2. The Morgan fingerprint density at radius 3 is 2.61 bits per heavy atom. The summed E-state index contributed by atoms with van der Waals surface area (Å²) in [4.78, 5) is 20.3. The molecule has 9 heteroatoms. The average Bonchev–Trinajstić information content (AvgIpc) is 2.70. The molecule has 1 aromatic heterocycles. The Bertz CT molecular complexity index is 1010. The van der Waals surface area contributed by atoms with Crippen molar-refractivity contribution in [1.82, 2.24) is 9.97 Å². The topological polar surface area (TPSA) is 76.1 Å². The minimum absolute atomic E-state index is 0.0215. The van der Waals surface area contributed by atoms with E-state index >= 15 is 0 Å². The summed E-state index contributed by atoms with van der Waals surface area (Å²) in [7, 11) is 0. The first-order chi connectivity index (χ1) is 13.5. The van der Waals surface area contributed by atoms with Crippen LogP contribution in [0, 0.1) is 17.5 Å². The number of rotatable bonds is 6. The van der Waals surface area contributed by atoms with Gasteiger partial charge in [-0.15, -0.1) is 0 Å². The standard InChI is InChI=1S/C19H15F3N4O2/c1-2-28-15-6-4-3-5-12(15)24-18(27)14-9-10-23-19(26-14)25-13-8-7-11(20)16(21)17(13)22/h3-10H,2H2,1H3,(H,24,27)(H,23,25,26). The van der Waals surface area contributed by atoms with Crippen molar-refractivity contribution in [3.05, 3.63) is 71.8 Å². The predicted molar refractivity (Wildman–Crippen MR) is 97.2 cm³/mol. The van der Waals surface area contributed by atoms with Crippen molar-refractivity contribution in [1.29, 1.82) is 0 Å². The van der Waals surface area contributed by atoms with Gasteiger partial charge in [0.05, 0.1) is 18.0 Å². The molecule has 0 radical (unpaired) electrons. The monoisotopic (exact) mass is 388 g/mol. The molecule has 28 heavy (non-hydrogen) atoms. The molecule has 1 amide bonds. The number of carbonyl (C=O) groups is 1.